The molecule has 4 amide bonds. The molecule has 0 aromatic heterocycles. The number of unbranched alkanes of at least 4 members (excludes halogenated alkanes) is 3. The molecule has 1 aromatic carbocycles. The number of carbonyl (C=O) groups excluding carboxylic acids is 5. The molecule has 1 aliphatic rings. The van der Waals surface area contributed by atoms with Crippen LogP contribution in [0.1, 0.15) is 64.9 Å². The van der Waals surface area contributed by atoms with Crippen molar-refractivity contribution in [3.63, 3.8) is 0 Å². The first-order valence-corrected chi connectivity index (χ1v) is 13.8. The third-order valence-electron chi connectivity index (χ3n) is 6.75. The van der Waals surface area contributed by atoms with Crippen molar-refractivity contribution in [2.45, 2.75) is 89.9 Å². The van der Waals surface area contributed by atoms with Crippen LogP contribution in [0.2, 0.25) is 0 Å². The van der Waals surface area contributed by atoms with Gasteiger partial charge in [-0.05, 0) is 43.9 Å². The molecule has 0 radical (unpaired) electrons. The molecule has 3 unspecified atom stereocenters. The number of esters is 2. The molecule has 13 heteroatoms. The maximum Gasteiger partial charge on any atom is 0.332 e. The summed E-state index contributed by atoms with van der Waals surface area (Å²) in [5, 5.41) is 7.57. The van der Waals surface area contributed by atoms with E-state index in [0.29, 0.717) is 32.0 Å². The average Bonchev–Trinajstić information content (AvgIpc) is 3.41. The van der Waals surface area contributed by atoms with Crippen LogP contribution >= 0.6 is 0 Å². The Morgan fingerprint density at radius 2 is 1.73 bits per heavy atom. The molecule has 1 fully saturated rings. The fourth-order valence-electron chi connectivity index (χ4n) is 4.60. The Morgan fingerprint density at radius 3 is 2.34 bits per heavy atom. The minimum atomic E-state index is -1.48. The number of nitrogens with one attached hydrogen (secondary N) is 3. The molecular formula is C28H40F2N4O7. The molecule has 41 heavy (non-hydrogen) atoms. The van der Waals surface area contributed by atoms with Crippen LogP contribution in [0.15, 0.2) is 18.2 Å². The SMILES string of the molecule is CCCCCCNC(=O)N[C@@H](Cc1cc(F)cc(F)c1)C(=O)NC(C(=O)OC)C(C)OC(=O)C1CCCN1C(C)=O. The molecule has 1 aliphatic heterocycles. The largest absolute Gasteiger partial charge is 0.467 e. The number of carbonyl (C=O) groups is 5. The normalized spacial score (nSPS) is 16.7. The third kappa shape index (κ3) is 10.6. The molecular weight excluding hydrogens is 542 g/mol. The van der Waals surface area contributed by atoms with Gasteiger partial charge in [-0.15, -0.1) is 0 Å². The van der Waals surface area contributed by atoms with E-state index in [0.717, 1.165) is 44.9 Å². The van der Waals surface area contributed by atoms with Crippen molar-refractivity contribution in [3.05, 3.63) is 35.4 Å². The number of amides is 4. The highest BCUT2D eigenvalue weighted by atomic mass is 19.1. The number of urea groups is 1. The fourth-order valence-corrected chi connectivity index (χ4v) is 4.60. The van der Waals surface area contributed by atoms with E-state index in [9.17, 15) is 32.8 Å². The summed E-state index contributed by atoms with van der Waals surface area (Å²) in [6, 6.07) is -1.61. The lowest BCUT2D eigenvalue weighted by Crippen LogP contribution is -2.57. The number of nitrogens with zero attached hydrogens (tertiary/aromatic N) is 1. The molecule has 3 N–H and O–H groups in total. The van der Waals surface area contributed by atoms with Crippen molar-refractivity contribution < 1.29 is 42.2 Å². The predicted molar refractivity (Wildman–Crippen MR) is 144 cm³/mol. The minimum Gasteiger partial charge on any atom is -0.467 e. The van der Waals surface area contributed by atoms with Crippen LogP contribution in [0.3, 0.4) is 0 Å². The zero-order valence-electron chi connectivity index (χ0n) is 24.0. The number of benzene rings is 1. The Balaban J connectivity index is 2.18. The smallest absolute Gasteiger partial charge is 0.332 e. The third-order valence-corrected chi connectivity index (χ3v) is 6.75. The van der Waals surface area contributed by atoms with Gasteiger partial charge in [0.1, 0.15) is 29.8 Å². The topological polar surface area (TPSA) is 143 Å². The van der Waals surface area contributed by atoms with Gasteiger partial charge in [-0.3, -0.25) is 9.59 Å². The van der Waals surface area contributed by atoms with E-state index in [1.54, 1.807) is 0 Å². The highest BCUT2D eigenvalue weighted by Crippen LogP contribution is 2.20. The standard InChI is InChI=1S/C28H40F2N4O7/c1-5-6-7-8-11-31-28(39)32-22(15-19-13-20(29)16-21(30)14-19)25(36)33-24(27(38)40-4)17(2)41-26(37)23-10-9-12-34(23)18(3)35/h13-14,16-17,22-24H,5-12,15H2,1-4H3,(H,33,36)(H2,31,32,39)/t17?,22-,23?,24?/m0/s1. The van der Waals surface area contributed by atoms with Crippen molar-refractivity contribution in [1.29, 1.82) is 0 Å². The van der Waals surface area contributed by atoms with Gasteiger partial charge >= 0.3 is 18.0 Å². The summed E-state index contributed by atoms with van der Waals surface area (Å²) in [4.78, 5) is 64.5. The first-order chi connectivity index (χ1) is 19.5. The zero-order valence-corrected chi connectivity index (χ0v) is 24.0. The monoisotopic (exact) mass is 582 g/mol. The number of hydrogen-bond donors (Lipinski definition) is 3. The number of rotatable bonds is 14. The Kier molecular flexibility index (Phi) is 13.4. The van der Waals surface area contributed by atoms with Crippen molar-refractivity contribution in [3.8, 4) is 0 Å². The number of methoxy groups -OCH3 is 1. The molecule has 0 bridgehead atoms. The van der Waals surface area contributed by atoms with E-state index in [1.807, 2.05) is 0 Å². The lowest BCUT2D eigenvalue weighted by atomic mass is 10.0. The second-order valence-corrected chi connectivity index (χ2v) is 10.0. The van der Waals surface area contributed by atoms with Crippen LogP contribution in [-0.4, -0.2) is 79.1 Å². The summed E-state index contributed by atoms with van der Waals surface area (Å²) in [7, 11) is 1.09. The lowest BCUT2D eigenvalue weighted by molar-refractivity contribution is -0.163. The first kappa shape index (κ1) is 33.4. The van der Waals surface area contributed by atoms with Gasteiger partial charge in [0.05, 0.1) is 7.11 Å². The van der Waals surface area contributed by atoms with E-state index in [4.69, 9.17) is 9.47 Å². The van der Waals surface area contributed by atoms with E-state index in [1.165, 1.54) is 18.7 Å². The minimum absolute atomic E-state index is 0.0885. The van der Waals surface area contributed by atoms with Crippen molar-refractivity contribution in [2.75, 3.05) is 20.2 Å². The predicted octanol–water partition coefficient (Wildman–Crippen LogP) is 2.36. The number of halogens is 2. The highest BCUT2D eigenvalue weighted by Gasteiger charge is 2.38. The van der Waals surface area contributed by atoms with Crippen LogP contribution in [0.4, 0.5) is 13.6 Å². The van der Waals surface area contributed by atoms with Crippen LogP contribution in [-0.2, 0) is 35.1 Å². The van der Waals surface area contributed by atoms with Gasteiger partial charge in [-0.2, -0.15) is 0 Å². The van der Waals surface area contributed by atoms with Crippen molar-refractivity contribution in [2.24, 2.45) is 0 Å². The van der Waals surface area contributed by atoms with E-state index < -0.39 is 59.7 Å². The Hall–Kier alpha value is -3.77. The van der Waals surface area contributed by atoms with Gasteiger partial charge in [0, 0.05) is 32.5 Å². The lowest BCUT2D eigenvalue weighted by Gasteiger charge is -2.28. The van der Waals surface area contributed by atoms with E-state index in [-0.39, 0.29) is 17.9 Å². The Labute approximate surface area is 238 Å². The highest BCUT2D eigenvalue weighted by molar-refractivity contribution is 5.91. The van der Waals surface area contributed by atoms with Gasteiger partial charge in [0.15, 0.2) is 6.04 Å². The molecule has 1 saturated heterocycles. The van der Waals surface area contributed by atoms with Gasteiger partial charge in [0.25, 0.3) is 0 Å². The summed E-state index contributed by atoms with van der Waals surface area (Å²) >= 11 is 0. The number of ether oxygens (including phenoxy) is 2. The Morgan fingerprint density at radius 1 is 1.05 bits per heavy atom. The molecule has 1 heterocycles. The maximum absolute atomic E-state index is 13.8. The number of likely N-dealkylation sites (tertiary alicyclic amines) is 1. The first-order valence-electron chi connectivity index (χ1n) is 13.8. The van der Waals surface area contributed by atoms with Crippen LogP contribution in [0, 0.1) is 11.6 Å². The molecule has 0 spiro atoms. The summed E-state index contributed by atoms with van der Waals surface area (Å²) in [6.07, 6.45) is 3.14. The van der Waals surface area contributed by atoms with Crippen LogP contribution < -0.4 is 16.0 Å². The molecule has 1 aromatic rings. The molecule has 2 rings (SSSR count). The molecule has 0 aliphatic carbocycles. The Bertz CT molecular complexity index is 1070. The fraction of sp³-hybridized carbons (Fsp3) is 0.607. The van der Waals surface area contributed by atoms with E-state index in [2.05, 4.69) is 22.9 Å². The second-order valence-electron chi connectivity index (χ2n) is 10.0. The maximum atomic E-state index is 13.8. The summed E-state index contributed by atoms with van der Waals surface area (Å²) in [5.74, 6) is -4.55. The van der Waals surface area contributed by atoms with Gasteiger partial charge in [0.2, 0.25) is 11.8 Å². The van der Waals surface area contributed by atoms with Gasteiger partial charge in [-0.1, -0.05) is 26.2 Å². The van der Waals surface area contributed by atoms with Crippen molar-refractivity contribution in [1.82, 2.24) is 20.9 Å². The van der Waals surface area contributed by atoms with E-state index >= 15 is 0 Å². The van der Waals surface area contributed by atoms with Gasteiger partial charge < -0.3 is 30.3 Å². The zero-order chi connectivity index (χ0) is 30.5. The van der Waals surface area contributed by atoms with Crippen LogP contribution in [0.5, 0.6) is 0 Å². The summed E-state index contributed by atoms with van der Waals surface area (Å²) < 4.78 is 37.9. The van der Waals surface area contributed by atoms with Crippen molar-refractivity contribution >= 4 is 29.8 Å². The molecule has 0 saturated carbocycles. The van der Waals surface area contributed by atoms with Gasteiger partial charge in [-0.25, -0.2) is 23.2 Å². The molecule has 228 valence electrons. The quantitative estimate of drug-likeness (QED) is 0.226. The molecule has 11 nitrogen and oxygen atoms in total. The molecule has 4 atom stereocenters. The second kappa shape index (κ2) is 16.5. The number of hydrogen-bond acceptors (Lipinski definition) is 7. The summed E-state index contributed by atoms with van der Waals surface area (Å²) in [5.41, 5.74) is 0.0885. The van der Waals surface area contributed by atoms with Crippen LogP contribution in [0.25, 0.3) is 0 Å². The summed E-state index contributed by atoms with van der Waals surface area (Å²) in [6.45, 7) is 5.52. The average molecular weight is 583 g/mol.